The van der Waals surface area contributed by atoms with Gasteiger partial charge in [0.05, 0.1) is 18.5 Å². The Labute approximate surface area is 121 Å². The standard InChI is InChI=1S/C17H22N2O/c1-13(2)19(12-14-7-5-4-6-8-14)17-11-15(20-3)9-10-16(17)18/h4-11,13H,12,18H2,1-3H3. The highest BCUT2D eigenvalue weighted by Gasteiger charge is 2.14. The minimum atomic E-state index is 0.351. The molecule has 2 N–H and O–H groups in total. The third kappa shape index (κ3) is 3.23. The van der Waals surface area contributed by atoms with Gasteiger partial charge >= 0.3 is 0 Å². The van der Waals surface area contributed by atoms with Crippen molar-refractivity contribution in [2.75, 3.05) is 17.7 Å². The zero-order chi connectivity index (χ0) is 14.5. The van der Waals surface area contributed by atoms with Crippen molar-refractivity contribution in [2.24, 2.45) is 0 Å². The summed E-state index contributed by atoms with van der Waals surface area (Å²) in [6.45, 7) is 5.17. The third-order valence-electron chi connectivity index (χ3n) is 3.37. The van der Waals surface area contributed by atoms with Gasteiger partial charge in [-0.05, 0) is 31.5 Å². The van der Waals surface area contributed by atoms with Crippen molar-refractivity contribution in [1.29, 1.82) is 0 Å². The van der Waals surface area contributed by atoms with Gasteiger partial charge in [-0.3, -0.25) is 0 Å². The number of nitrogens with two attached hydrogens (primary N) is 1. The number of anilines is 2. The molecule has 0 heterocycles. The number of methoxy groups -OCH3 is 1. The summed E-state index contributed by atoms with van der Waals surface area (Å²) in [4.78, 5) is 2.28. The second kappa shape index (κ2) is 6.33. The fraction of sp³-hybridized carbons (Fsp3) is 0.294. The van der Waals surface area contributed by atoms with Gasteiger partial charge in [-0.2, -0.15) is 0 Å². The Morgan fingerprint density at radius 1 is 1.10 bits per heavy atom. The molecule has 0 atom stereocenters. The normalized spacial score (nSPS) is 10.6. The smallest absolute Gasteiger partial charge is 0.121 e. The topological polar surface area (TPSA) is 38.5 Å². The molecule has 0 saturated carbocycles. The first kappa shape index (κ1) is 14.3. The SMILES string of the molecule is COc1ccc(N)c(N(Cc2ccccc2)C(C)C)c1. The molecule has 106 valence electrons. The maximum absolute atomic E-state index is 6.14. The molecule has 0 fully saturated rings. The van der Waals surface area contributed by atoms with Crippen LogP contribution in [0.15, 0.2) is 48.5 Å². The highest BCUT2D eigenvalue weighted by Crippen LogP contribution is 2.30. The van der Waals surface area contributed by atoms with Gasteiger partial charge in [0.2, 0.25) is 0 Å². The molecule has 0 bridgehead atoms. The highest BCUT2D eigenvalue weighted by atomic mass is 16.5. The van der Waals surface area contributed by atoms with E-state index in [9.17, 15) is 0 Å². The average Bonchev–Trinajstić information content (AvgIpc) is 2.46. The van der Waals surface area contributed by atoms with E-state index in [1.165, 1.54) is 5.56 Å². The molecule has 0 amide bonds. The molecule has 0 aromatic heterocycles. The first-order chi connectivity index (χ1) is 9.61. The lowest BCUT2D eigenvalue weighted by atomic mass is 10.1. The summed E-state index contributed by atoms with van der Waals surface area (Å²) in [5, 5.41) is 0. The predicted octanol–water partition coefficient (Wildman–Crippen LogP) is 3.69. The van der Waals surface area contributed by atoms with Gasteiger partial charge in [-0.15, -0.1) is 0 Å². The lowest BCUT2D eigenvalue weighted by molar-refractivity contribution is 0.414. The van der Waals surface area contributed by atoms with Crippen LogP contribution in [-0.2, 0) is 6.54 Å². The number of nitrogens with zero attached hydrogens (tertiary/aromatic N) is 1. The molecule has 3 heteroatoms. The number of rotatable bonds is 5. The van der Waals surface area contributed by atoms with Gasteiger partial charge in [0.15, 0.2) is 0 Å². The van der Waals surface area contributed by atoms with Gasteiger partial charge < -0.3 is 15.4 Å². The molecule has 2 rings (SSSR count). The Morgan fingerprint density at radius 2 is 1.80 bits per heavy atom. The fourth-order valence-electron chi connectivity index (χ4n) is 2.23. The van der Waals surface area contributed by atoms with Gasteiger partial charge in [-0.1, -0.05) is 30.3 Å². The molecule has 3 nitrogen and oxygen atoms in total. The first-order valence-electron chi connectivity index (χ1n) is 6.86. The van der Waals surface area contributed by atoms with Crippen molar-refractivity contribution in [3.8, 4) is 5.75 Å². The zero-order valence-electron chi connectivity index (χ0n) is 12.3. The molecule has 2 aromatic rings. The van der Waals surface area contributed by atoms with Crippen molar-refractivity contribution in [3.05, 3.63) is 54.1 Å². The zero-order valence-corrected chi connectivity index (χ0v) is 12.3. The number of hydrogen-bond acceptors (Lipinski definition) is 3. The monoisotopic (exact) mass is 270 g/mol. The van der Waals surface area contributed by atoms with Crippen LogP contribution in [0.2, 0.25) is 0 Å². The van der Waals surface area contributed by atoms with Crippen LogP contribution in [-0.4, -0.2) is 13.2 Å². The molecule has 2 aromatic carbocycles. The van der Waals surface area contributed by atoms with Crippen LogP contribution in [0.3, 0.4) is 0 Å². The van der Waals surface area contributed by atoms with E-state index in [1.54, 1.807) is 7.11 Å². The largest absolute Gasteiger partial charge is 0.497 e. The Kier molecular flexibility index (Phi) is 4.51. The summed E-state index contributed by atoms with van der Waals surface area (Å²) >= 11 is 0. The van der Waals surface area contributed by atoms with Crippen molar-refractivity contribution in [1.82, 2.24) is 0 Å². The minimum Gasteiger partial charge on any atom is -0.497 e. The van der Waals surface area contributed by atoms with E-state index in [0.717, 1.165) is 23.7 Å². The maximum atomic E-state index is 6.14. The summed E-state index contributed by atoms with van der Waals surface area (Å²) < 4.78 is 5.31. The van der Waals surface area contributed by atoms with E-state index in [0.29, 0.717) is 6.04 Å². The highest BCUT2D eigenvalue weighted by molar-refractivity contribution is 5.70. The quantitative estimate of drug-likeness (QED) is 0.842. The summed E-state index contributed by atoms with van der Waals surface area (Å²) in [5.41, 5.74) is 9.20. The molecule has 0 aliphatic rings. The van der Waals surface area contributed by atoms with Crippen LogP contribution in [0.1, 0.15) is 19.4 Å². The van der Waals surface area contributed by atoms with Gasteiger partial charge in [0, 0.05) is 18.7 Å². The predicted molar refractivity (Wildman–Crippen MR) is 85.2 cm³/mol. The van der Waals surface area contributed by atoms with Crippen LogP contribution in [0.25, 0.3) is 0 Å². The van der Waals surface area contributed by atoms with E-state index in [1.807, 2.05) is 24.3 Å². The fourth-order valence-corrected chi connectivity index (χ4v) is 2.23. The van der Waals surface area contributed by atoms with E-state index in [2.05, 4.69) is 43.0 Å². The summed E-state index contributed by atoms with van der Waals surface area (Å²) in [6.07, 6.45) is 0. The minimum absolute atomic E-state index is 0.351. The molecular formula is C17H22N2O. The summed E-state index contributed by atoms with van der Waals surface area (Å²) in [5.74, 6) is 0.827. The molecular weight excluding hydrogens is 248 g/mol. The van der Waals surface area contributed by atoms with Crippen LogP contribution in [0.4, 0.5) is 11.4 Å². The van der Waals surface area contributed by atoms with E-state index >= 15 is 0 Å². The molecule has 0 spiro atoms. The first-order valence-corrected chi connectivity index (χ1v) is 6.86. The van der Waals surface area contributed by atoms with Crippen molar-refractivity contribution >= 4 is 11.4 Å². The summed E-state index contributed by atoms with van der Waals surface area (Å²) in [6, 6.07) is 16.5. The maximum Gasteiger partial charge on any atom is 0.121 e. The van der Waals surface area contributed by atoms with E-state index < -0.39 is 0 Å². The third-order valence-corrected chi connectivity index (χ3v) is 3.37. The lowest BCUT2D eigenvalue weighted by Crippen LogP contribution is -2.30. The van der Waals surface area contributed by atoms with Gasteiger partial charge in [-0.25, -0.2) is 0 Å². The van der Waals surface area contributed by atoms with Crippen LogP contribution in [0, 0.1) is 0 Å². The summed E-state index contributed by atoms with van der Waals surface area (Å²) in [7, 11) is 1.67. The Morgan fingerprint density at radius 3 is 2.40 bits per heavy atom. The van der Waals surface area contributed by atoms with Crippen molar-refractivity contribution in [2.45, 2.75) is 26.4 Å². The number of ether oxygens (including phenoxy) is 1. The number of hydrogen-bond donors (Lipinski definition) is 1. The van der Waals surface area contributed by atoms with Gasteiger partial charge in [0.25, 0.3) is 0 Å². The van der Waals surface area contributed by atoms with Crippen molar-refractivity contribution < 1.29 is 4.74 Å². The van der Waals surface area contributed by atoms with Crippen molar-refractivity contribution in [3.63, 3.8) is 0 Å². The number of nitrogen functional groups attached to an aromatic ring is 1. The Bertz CT molecular complexity index is 552. The molecule has 0 radical (unpaired) electrons. The van der Waals surface area contributed by atoms with Crippen LogP contribution < -0.4 is 15.4 Å². The lowest BCUT2D eigenvalue weighted by Gasteiger charge is -2.30. The van der Waals surface area contributed by atoms with Gasteiger partial charge in [0.1, 0.15) is 5.75 Å². The molecule has 0 unspecified atom stereocenters. The molecule has 0 saturated heterocycles. The Balaban J connectivity index is 2.33. The average molecular weight is 270 g/mol. The van der Waals surface area contributed by atoms with Crippen LogP contribution in [0.5, 0.6) is 5.75 Å². The molecule has 0 aliphatic heterocycles. The van der Waals surface area contributed by atoms with E-state index in [-0.39, 0.29) is 0 Å². The number of benzene rings is 2. The van der Waals surface area contributed by atoms with Crippen LogP contribution >= 0.6 is 0 Å². The second-order valence-corrected chi connectivity index (χ2v) is 5.13. The Hall–Kier alpha value is -2.16. The van der Waals surface area contributed by atoms with E-state index in [4.69, 9.17) is 10.5 Å². The molecule has 0 aliphatic carbocycles. The second-order valence-electron chi connectivity index (χ2n) is 5.13. The molecule has 20 heavy (non-hydrogen) atoms.